The van der Waals surface area contributed by atoms with E-state index in [1.807, 2.05) is 36.5 Å². The number of piperazine rings is 1. The lowest BCUT2D eigenvalue weighted by atomic mass is 10.0. The Morgan fingerprint density at radius 3 is 2.52 bits per heavy atom. The van der Waals surface area contributed by atoms with E-state index in [0.717, 1.165) is 81.3 Å². The number of nitrogens with zero attached hydrogens (tertiary/aromatic N) is 6. The minimum Gasteiger partial charge on any atom is -0.368 e. The number of aryl methyl sites for hydroxylation is 1. The number of ketones is 1. The maximum absolute atomic E-state index is 13.5. The number of Topliss-reactive ketones (excluding diaryl/α,β-unsaturated/α-hetero) is 1. The summed E-state index contributed by atoms with van der Waals surface area (Å²) in [6.45, 7) is 7.67. The second-order valence-electron chi connectivity index (χ2n) is 11.3. The standard InChI is InChI=1S/C32H35N7O3/c1-21-27-18-34-32(36-30(27)39(25-8-3-4-9-25)31(42)29(21)22(2)41)35-28-11-10-26(17-33-28)38-14-12-37(13-15-38)19-23-6-5-7-24(16-23)20-40/h5-7,10-11,16-18,20,25H,3-4,8-9,12-15,19H2,1-2H3,(H,33,34,35,36). The molecular weight excluding hydrogens is 530 g/mol. The zero-order valence-electron chi connectivity index (χ0n) is 24.0. The van der Waals surface area contributed by atoms with Gasteiger partial charge in [0.1, 0.15) is 17.8 Å². The van der Waals surface area contributed by atoms with Gasteiger partial charge < -0.3 is 10.2 Å². The summed E-state index contributed by atoms with van der Waals surface area (Å²) < 4.78 is 1.72. The number of hydrogen-bond acceptors (Lipinski definition) is 9. The van der Waals surface area contributed by atoms with Gasteiger partial charge in [0.15, 0.2) is 5.78 Å². The van der Waals surface area contributed by atoms with E-state index in [2.05, 4.69) is 31.2 Å². The van der Waals surface area contributed by atoms with Crippen molar-refractivity contribution in [1.29, 1.82) is 0 Å². The molecule has 1 saturated carbocycles. The van der Waals surface area contributed by atoms with Gasteiger partial charge in [0.05, 0.1) is 17.4 Å². The van der Waals surface area contributed by atoms with E-state index in [9.17, 15) is 14.4 Å². The number of carbonyl (C=O) groups excluding carboxylic acids is 2. The predicted molar refractivity (Wildman–Crippen MR) is 163 cm³/mol. The van der Waals surface area contributed by atoms with Crippen molar-refractivity contribution in [2.45, 2.75) is 52.1 Å². The van der Waals surface area contributed by atoms with Crippen molar-refractivity contribution < 1.29 is 9.59 Å². The quantitative estimate of drug-likeness (QED) is 0.240. The number of aromatic nitrogens is 4. The molecule has 1 N–H and O–H groups in total. The zero-order valence-corrected chi connectivity index (χ0v) is 24.0. The minimum atomic E-state index is -0.263. The first kappa shape index (κ1) is 27.7. The van der Waals surface area contributed by atoms with Gasteiger partial charge in [-0.05, 0) is 56.0 Å². The summed E-state index contributed by atoms with van der Waals surface area (Å²) in [5, 5.41) is 3.92. The highest BCUT2D eigenvalue weighted by molar-refractivity contribution is 5.99. The van der Waals surface area contributed by atoms with Crippen LogP contribution < -0.4 is 15.8 Å². The molecule has 0 radical (unpaired) electrons. The van der Waals surface area contributed by atoms with Crippen molar-refractivity contribution in [1.82, 2.24) is 24.4 Å². The highest BCUT2D eigenvalue weighted by Crippen LogP contribution is 2.32. The molecule has 0 bridgehead atoms. The van der Waals surface area contributed by atoms with E-state index in [1.165, 1.54) is 6.92 Å². The Kier molecular flexibility index (Phi) is 7.80. The molecule has 1 aliphatic carbocycles. The first-order valence-corrected chi connectivity index (χ1v) is 14.6. The van der Waals surface area contributed by atoms with Crippen molar-refractivity contribution in [2.75, 3.05) is 36.4 Å². The van der Waals surface area contributed by atoms with Crippen molar-refractivity contribution in [3.05, 3.63) is 81.4 Å². The Hall–Kier alpha value is -4.44. The average molecular weight is 566 g/mol. The number of rotatable bonds is 8. The Morgan fingerprint density at radius 1 is 1.05 bits per heavy atom. The van der Waals surface area contributed by atoms with Crippen molar-refractivity contribution >= 4 is 40.6 Å². The number of anilines is 3. The highest BCUT2D eigenvalue weighted by Gasteiger charge is 2.26. The maximum atomic E-state index is 13.5. The number of carbonyl (C=O) groups is 2. The Morgan fingerprint density at radius 2 is 1.83 bits per heavy atom. The lowest BCUT2D eigenvalue weighted by molar-refractivity contribution is 0.101. The molecule has 3 aromatic heterocycles. The van der Waals surface area contributed by atoms with Gasteiger partial charge in [-0.3, -0.25) is 23.9 Å². The second-order valence-corrected chi connectivity index (χ2v) is 11.3. The fourth-order valence-corrected chi connectivity index (χ4v) is 6.26. The molecule has 1 saturated heterocycles. The molecule has 2 fully saturated rings. The SMILES string of the molecule is CC(=O)c1c(C)c2cnc(Nc3ccc(N4CCN(Cc5cccc(C=O)c5)CC4)cn3)nc2n(C2CCCC2)c1=O. The summed E-state index contributed by atoms with van der Waals surface area (Å²) in [6, 6.07) is 11.7. The van der Waals surface area contributed by atoms with E-state index < -0.39 is 0 Å². The minimum absolute atomic E-state index is 0.0286. The van der Waals surface area contributed by atoms with Crippen LogP contribution in [0.3, 0.4) is 0 Å². The molecule has 216 valence electrons. The Balaban J connectivity index is 1.16. The van der Waals surface area contributed by atoms with Gasteiger partial charge in [-0.15, -0.1) is 0 Å². The number of fused-ring (bicyclic) bond motifs is 1. The van der Waals surface area contributed by atoms with Crippen LogP contribution in [-0.2, 0) is 6.54 Å². The van der Waals surface area contributed by atoms with Crippen molar-refractivity contribution in [3.63, 3.8) is 0 Å². The molecule has 0 unspecified atom stereocenters. The normalized spacial score (nSPS) is 16.2. The van der Waals surface area contributed by atoms with Gasteiger partial charge in [0.2, 0.25) is 5.95 Å². The smallest absolute Gasteiger partial charge is 0.263 e. The fourth-order valence-electron chi connectivity index (χ4n) is 6.26. The van der Waals surface area contributed by atoms with Crippen LogP contribution in [0.1, 0.15) is 70.5 Å². The van der Waals surface area contributed by atoms with Crippen LogP contribution >= 0.6 is 0 Å². The lowest BCUT2D eigenvalue weighted by Gasteiger charge is -2.36. The molecule has 0 atom stereocenters. The van der Waals surface area contributed by atoms with Gasteiger partial charge in [-0.25, -0.2) is 9.97 Å². The second kappa shape index (κ2) is 11.8. The summed E-state index contributed by atoms with van der Waals surface area (Å²) in [5.74, 6) is 0.734. The third kappa shape index (κ3) is 5.54. The molecule has 42 heavy (non-hydrogen) atoms. The third-order valence-corrected chi connectivity index (χ3v) is 8.47. The largest absolute Gasteiger partial charge is 0.368 e. The summed E-state index contributed by atoms with van der Waals surface area (Å²) in [5.41, 5.74) is 4.05. The van der Waals surface area contributed by atoms with Crippen LogP contribution in [0.2, 0.25) is 0 Å². The van der Waals surface area contributed by atoms with E-state index in [1.54, 1.807) is 17.7 Å². The van der Waals surface area contributed by atoms with Crippen LogP contribution in [0, 0.1) is 6.92 Å². The summed E-state index contributed by atoms with van der Waals surface area (Å²) in [4.78, 5) is 55.5. The molecule has 6 rings (SSSR count). The third-order valence-electron chi connectivity index (χ3n) is 8.47. The molecule has 0 spiro atoms. The monoisotopic (exact) mass is 565 g/mol. The van der Waals surface area contributed by atoms with Crippen LogP contribution in [0.5, 0.6) is 0 Å². The van der Waals surface area contributed by atoms with Crippen LogP contribution in [0.4, 0.5) is 17.5 Å². The van der Waals surface area contributed by atoms with Gasteiger partial charge in [0.25, 0.3) is 5.56 Å². The molecule has 2 aliphatic rings. The highest BCUT2D eigenvalue weighted by atomic mass is 16.1. The Labute approximate surface area is 244 Å². The summed E-state index contributed by atoms with van der Waals surface area (Å²) >= 11 is 0. The predicted octanol–water partition coefficient (Wildman–Crippen LogP) is 4.69. The first-order chi connectivity index (χ1) is 20.4. The van der Waals surface area contributed by atoms with E-state index in [0.29, 0.717) is 28.5 Å². The molecule has 4 aromatic rings. The average Bonchev–Trinajstić information content (AvgIpc) is 3.52. The fraction of sp³-hybridized carbons (Fsp3) is 0.375. The van der Waals surface area contributed by atoms with Gasteiger partial charge in [0, 0.05) is 55.9 Å². The van der Waals surface area contributed by atoms with E-state index in [-0.39, 0.29) is 22.9 Å². The lowest BCUT2D eigenvalue weighted by Crippen LogP contribution is -2.46. The molecule has 1 aliphatic heterocycles. The van der Waals surface area contributed by atoms with Crippen LogP contribution in [-0.4, -0.2) is 62.7 Å². The van der Waals surface area contributed by atoms with Gasteiger partial charge >= 0.3 is 0 Å². The molecular formula is C32H35N7O3. The molecule has 1 aromatic carbocycles. The molecule has 4 heterocycles. The first-order valence-electron chi connectivity index (χ1n) is 14.6. The number of hydrogen-bond donors (Lipinski definition) is 1. The molecule has 0 amide bonds. The summed E-state index contributed by atoms with van der Waals surface area (Å²) in [7, 11) is 0. The maximum Gasteiger partial charge on any atom is 0.263 e. The van der Waals surface area contributed by atoms with E-state index in [4.69, 9.17) is 4.98 Å². The summed E-state index contributed by atoms with van der Waals surface area (Å²) in [6.07, 6.45) is 8.34. The Bertz CT molecular complexity index is 1690. The topological polar surface area (TPSA) is 113 Å². The van der Waals surface area contributed by atoms with Crippen LogP contribution in [0.15, 0.2) is 53.6 Å². The number of pyridine rings is 2. The molecule has 10 nitrogen and oxygen atoms in total. The zero-order chi connectivity index (χ0) is 29.2. The number of benzene rings is 1. The van der Waals surface area contributed by atoms with Gasteiger partial charge in [-0.2, -0.15) is 4.98 Å². The molecule has 10 heteroatoms. The van der Waals surface area contributed by atoms with Crippen molar-refractivity contribution in [2.24, 2.45) is 0 Å². The van der Waals surface area contributed by atoms with Crippen LogP contribution in [0.25, 0.3) is 11.0 Å². The number of aldehydes is 1. The van der Waals surface area contributed by atoms with E-state index >= 15 is 0 Å². The number of nitrogens with one attached hydrogen (secondary N) is 1. The van der Waals surface area contributed by atoms with Gasteiger partial charge in [-0.1, -0.05) is 31.0 Å². The van der Waals surface area contributed by atoms with Crippen molar-refractivity contribution in [3.8, 4) is 0 Å².